The lowest BCUT2D eigenvalue weighted by Crippen LogP contribution is -2.17. The van der Waals surface area contributed by atoms with Gasteiger partial charge in [0, 0.05) is 18.1 Å². The lowest BCUT2D eigenvalue weighted by Gasteiger charge is -2.13. The van der Waals surface area contributed by atoms with Crippen molar-refractivity contribution in [2.75, 3.05) is 0 Å². The lowest BCUT2D eigenvalue weighted by molar-refractivity contribution is -0.140. The van der Waals surface area contributed by atoms with Crippen molar-refractivity contribution in [2.45, 2.75) is 31.7 Å². The molecule has 6 heteroatoms. The van der Waals surface area contributed by atoms with Crippen molar-refractivity contribution in [3.63, 3.8) is 0 Å². The summed E-state index contributed by atoms with van der Waals surface area (Å²) in [5, 5.41) is 9.15. The van der Waals surface area contributed by atoms with Gasteiger partial charge < -0.3 is 9.67 Å². The number of carboxylic acids is 1. The number of nitrogens with zero attached hydrogens (tertiary/aromatic N) is 2. The zero-order chi connectivity index (χ0) is 13.7. The van der Waals surface area contributed by atoms with Crippen LogP contribution in [0.25, 0.3) is 11.0 Å². The van der Waals surface area contributed by atoms with Crippen molar-refractivity contribution in [2.24, 2.45) is 0 Å². The van der Waals surface area contributed by atoms with Gasteiger partial charge in [-0.25, -0.2) is 18.6 Å². The summed E-state index contributed by atoms with van der Waals surface area (Å²) in [7, 11) is 0. The van der Waals surface area contributed by atoms with Crippen LogP contribution in [0.3, 0.4) is 0 Å². The number of halogens is 2. The van der Waals surface area contributed by atoms with Crippen molar-refractivity contribution >= 4 is 17.0 Å². The van der Waals surface area contributed by atoms with Crippen LogP contribution in [0.4, 0.5) is 8.78 Å². The van der Waals surface area contributed by atoms with Gasteiger partial charge in [0.15, 0.2) is 11.6 Å². The van der Waals surface area contributed by atoms with Gasteiger partial charge in [-0.2, -0.15) is 0 Å². The van der Waals surface area contributed by atoms with Crippen molar-refractivity contribution in [3.05, 3.63) is 29.6 Å². The fraction of sp³-hybridized carbons (Fsp3) is 0.385. The largest absolute Gasteiger partial charge is 0.480 e. The first-order valence-electron chi connectivity index (χ1n) is 6.08. The maximum Gasteiger partial charge on any atom is 0.326 e. The van der Waals surface area contributed by atoms with Gasteiger partial charge in [-0.3, -0.25) is 0 Å². The Kier molecular flexibility index (Phi) is 2.55. The molecule has 1 aromatic heterocycles. The molecule has 1 aromatic carbocycles. The Balaban J connectivity index is 2.28. The molecule has 0 bridgehead atoms. The number of benzene rings is 1. The second-order valence-corrected chi connectivity index (χ2v) is 4.88. The van der Waals surface area contributed by atoms with Crippen LogP contribution >= 0.6 is 0 Å². The molecule has 1 unspecified atom stereocenters. The predicted molar refractivity (Wildman–Crippen MR) is 64.0 cm³/mol. The van der Waals surface area contributed by atoms with Crippen LogP contribution in [0.2, 0.25) is 0 Å². The highest BCUT2D eigenvalue weighted by Gasteiger charge is 2.32. The highest BCUT2D eigenvalue weighted by atomic mass is 19.2. The third-order valence-corrected chi connectivity index (χ3v) is 3.45. The van der Waals surface area contributed by atoms with Gasteiger partial charge in [0.25, 0.3) is 0 Å². The number of aromatic nitrogens is 2. The van der Waals surface area contributed by atoms with Crippen molar-refractivity contribution in [3.8, 4) is 0 Å². The minimum atomic E-state index is -1.02. The monoisotopic (exact) mass is 266 g/mol. The highest BCUT2D eigenvalue weighted by Crippen LogP contribution is 2.42. The molecular weight excluding hydrogens is 254 g/mol. The molecule has 1 atom stereocenters. The number of fused-ring (bicyclic) bond motifs is 1. The van der Waals surface area contributed by atoms with Crippen molar-refractivity contribution in [1.29, 1.82) is 0 Å². The number of hydrogen-bond donors (Lipinski definition) is 1. The molecule has 1 fully saturated rings. The molecule has 0 saturated heterocycles. The van der Waals surface area contributed by atoms with E-state index in [1.165, 1.54) is 11.5 Å². The average molecular weight is 266 g/mol. The second kappa shape index (κ2) is 4.01. The molecular formula is C13H12F2N2O2. The van der Waals surface area contributed by atoms with Gasteiger partial charge >= 0.3 is 5.97 Å². The highest BCUT2D eigenvalue weighted by molar-refractivity contribution is 5.80. The summed E-state index contributed by atoms with van der Waals surface area (Å²) in [4.78, 5) is 15.4. The van der Waals surface area contributed by atoms with E-state index in [1.54, 1.807) is 0 Å². The molecule has 1 N–H and O–H groups in total. The van der Waals surface area contributed by atoms with Crippen LogP contribution in [0.15, 0.2) is 12.1 Å². The van der Waals surface area contributed by atoms with E-state index in [9.17, 15) is 13.6 Å². The molecule has 4 nitrogen and oxygen atoms in total. The van der Waals surface area contributed by atoms with Crippen LogP contribution in [0, 0.1) is 11.6 Å². The van der Waals surface area contributed by atoms with E-state index in [0.717, 1.165) is 25.0 Å². The maximum atomic E-state index is 13.4. The first kappa shape index (κ1) is 12.1. The third kappa shape index (κ3) is 1.87. The predicted octanol–water partition coefficient (Wildman–Crippen LogP) is 2.84. The van der Waals surface area contributed by atoms with Crippen LogP contribution in [-0.4, -0.2) is 20.6 Å². The topological polar surface area (TPSA) is 55.1 Å². The summed E-state index contributed by atoms with van der Waals surface area (Å²) in [6.07, 6.45) is 1.86. The van der Waals surface area contributed by atoms with Gasteiger partial charge in [0.05, 0.1) is 11.0 Å². The Bertz CT molecular complexity index is 677. The van der Waals surface area contributed by atoms with E-state index in [2.05, 4.69) is 4.98 Å². The molecule has 0 radical (unpaired) electrons. The van der Waals surface area contributed by atoms with Gasteiger partial charge in [-0.15, -0.1) is 0 Å². The second-order valence-electron chi connectivity index (χ2n) is 4.88. The Labute approximate surface area is 107 Å². The van der Waals surface area contributed by atoms with E-state index in [-0.39, 0.29) is 5.92 Å². The minimum absolute atomic E-state index is 0.195. The zero-order valence-electron chi connectivity index (χ0n) is 10.2. The molecule has 2 aromatic rings. The number of carbonyl (C=O) groups is 1. The van der Waals surface area contributed by atoms with Crippen LogP contribution < -0.4 is 0 Å². The number of carboxylic acid groups (broad SMARTS) is 1. The van der Waals surface area contributed by atoms with Gasteiger partial charge in [-0.1, -0.05) is 0 Å². The number of rotatable bonds is 3. The summed E-state index contributed by atoms with van der Waals surface area (Å²) in [5.74, 6) is -2.18. The van der Waals surface area contributed by atoms with E-state index < -0.39 is 23.6 Å². The first-order valence-corrected chi connectivity index (χ1v) is 6.08. The number of hydrogen-bond acceptors (Lipinski definition) is 2. The molecule has 1 aliphatic carbocycles. The van der Waals surface area contributed by atoms with E-state index in [0.29, 0.717) is 16.9 Å². The van der Waals surface area contributed by atoms with Gasteiger partial charge in [0.2, 0.25) is 0 Å². The molecule has 3 rings (SSSR count). The molecule has 0 aliphatic heterocycles. The fourth-order valence-corrected chi connectivity index (χ4v) is 2.26. The molecule has 1 saturated carbocycles. The molecule has 100 valence electrons. The quantitative estimate of drug-likeness (QED) is 0.929. The van der Waals surface area contributed by atoms with E-state index in [4.69, 9.17) is 5.11 Å². The molecule has 0 spiro atoms. The smallest absolute Gasteiger partial charge is 0.326 e. The van der Waals surface area contributed by atoms with Crippen LogP contribution in [0.1, 0.15) is 37.5 Å². The van der Waals surface area contributed by atoms with Crippen LogP contribution in [-0.2, 0) is 4.79 Å². The third-order valence-electron chi connectivity index (χ3n) is 3.45. The summed E-state index contributed by atoms with van der Waals surface area (Å²) < 4.78 is 28.1. The van der Waals surface area contributed by atoms with E-state index >= 15 is 0 Å². The van der Waals surface area contributed by atoms with Crippen molar-refractivity contribution in [1.82, 2.24) is 9.55 Å². The minimum Gasteiger partial charge on any atom is -0.480 e. The van der Waals surface area contributed by atoms with E-state index in [1.807, 2.05) is 0 Å². The fourth-order valence-electron chi connectivity index (χ4n) is 2.26. The normalized spacial score (nSPS) is 16.8. The zero-order valence-corrected chi connectivity index (χ0v) is 10.2. The molecule has 1 aliphatic rings. The molecule has 0 amide bonds. The summed E-state index contributed by atoms with van der Waals surface area (Å²) in [5.41, 5.74) is 0.629. The van der Waals surface area contributed by atoms with Gasteiger partial charge in [-0.05, 0) is 19.8 Å². The first-order chi connectivity index (χ1) is 8.99. The Morgan fingerprint density at radius 1 is 1.42 bits per heavy atom. The molecule has 19 heavy (non-hydrogen) atoms. The lowest BCUT2D eigenvalue weighted by atomic mass is 10.2. The summed E-state index contributed by atoms with van der Waals surface area (Å²) in [6.45, 7) is 1.51. The SMILES string of the molecule is CC(C(=O)O)n1c(C2CC2)nc2cc(F)c(F)cc21. The standard InChI is InChI=1S/C13H12F2N2O2/c1-6(13(18)19)17-11-5-9(15)8(14)4-10(11)16-12(17)7-2-3-7/h4-7H,2-3H2,1H3,(H,18,19). The number of aliphatic carboxylic acids is 1. The van der Waals surface area contributed by atoms with Crippen LogP contribution in [0.5, 0.6) is 0 Å². The maximum absolute atomic E-state index is 13.4. The van der Waals surface area contributed by atoms with Gasteiger partial charge in [0.1, 0.15) is 11.9 Å². The average Bonchev–Trinajstić information content (AvgIpc) is 3.13. The summed E-state index contributed by atoms with van der Waals surface area (Å²) >= 11 is 0. The molecule has 1 heterocycles. The van der Waals surface area contributed by atoms with Crippen molar-refractivity contribution < 1.29 is 18.7 Å². The Morgan fingerprint density at radius 2 is 2.05 bits per heavy atom. The summed E-state index contributed by atoms with van der Waals surface area (Å²) in [6, 6.07) is 1.18. The Morgan fingerprint density at radius 3 is 2.63 bits per heavy atom. The Hall–Kier alpha value is -1.98. The number of imidazole rings is 1.